The van der Waals surface area contributed by atoms with E-state index in [1.54, 1.807) is 30.3 Å². The molecule has 0 bridgehead atoms. The number of nitrogens with one attached hydrogen (secondary N) is 1. The second kappa shape index (κ2) is 9.90. The number of halogens is 6. The molecular formula is C27H17F6N3O2. The largest absolute Gasteiger partial charge is 0.382 e. The first-order valence-electron chi connectivity index (χ1n) is 11.4. The molecule has 0 saturated carbocycles. The number of anilines is 1. The monoisotopic (exact) mass is 529 g/mol. The number of hydrogen-bond acceptors (Lipinski definition) is 4. The third-order valence-electron chi connectivity index (χ3n) is 6.22. The number of aryl methyl sites for hydroxylation is 2. The van der Waals surface area contributed by atoms with Crippen molar-refractivity contribution in [2.75, 3.05) is 5.32 Å². The lowest BCUT2D eigenvalue weighted by Gasteiger charge is -2.23. The van der Waals surface area contributed by atoms with Gasteiger partial charge in [0.2, 0.25) is 11.7 Å². The molecule has 0 saturated heterocycles. The Hall–Kier alpha value is -4.25. The number of benzene rings is 3. The van der Waals surface area contributed by atoms with Crippen molar-refractivity contribution in [1.82, 2.24) is 9.97 Å². The summed E-state index contributed by atoms with van der Waals surface area (Å²) >= 11 is 0. The number of aromatic nitrogens is 2. The predicted octanol–water partition coefficient (Wildman–Crippen LogP) is 5.34. The zero-order valence-electron chi connectivity index (χ0n) is 19.3. The number of aliphatic hydroxyl groups excluding tert-OH is 1. The fraction of sp³-hybridized carbons (Fsp3) is 0.148. The summed E-state index contributed by atoms with van der Waals surface area (Å²) in [7, 11) is 0. The average Bonchev–Trinajstić information content (AvgIpc) is 2.92. The lowest BCUT2D eigenvalue weighted by molar-refractivity contribution is -0.115. The molecule has 0 aliphatic heterocycles. The first-order valence-corrected chi connectivity index (χ1v) is 11.4. The van der Waals surface area contributed by atoms with E-state index >= 15 is 0 Å². The molecule has 0 radical (unpaired) electrons. The number of amides is 1. The predicted molar refractivity (Wildman–Crippen MR) is 124 cm³/mol. The summed E-state index contributed by atoms with van der Waals surface area (Å²) in [6.07, 6.45) is -1.90. The maximum atomic E-state index is 14.1. The summed E-state index contributed by atoms with van der Waals surface area (Å²) in [4.78, 5) is 21.7. The van der Waals surface area contributed by atoms with E-state index in [4.69, 9.17) is 0 Å². The maximum absolute atomic E-state index is 14.1. The van der Waals surface area contributed by atoms with Gasteiger partial charge in [-0.05, 0) is 42.2 Å². The molecule has 11 heteroatoms. The molecule has 2 N–H and O–H groups in total. The van der Waals surface area contributed by atoms with Gasteiger partial charge in [-0.1, -0.05) is 30.3 Å². The van der Waals surface area contributed by atoms with E-state index in [-0.39, 0.29) is 11.5 Å². The zero-order chi connectivity index (χ0) is 27.1. The number of nitrogens with zero attached hydrogens (tertiary/aromatic N) is 2. The summed E-state index contributed by atoms with van der Waals surface area (Å²) in [6.45, 7) is 0. The van der Waals surface area contributed by atoms with Crippen LogP contribution in [0.15, 0.2) is 48.5 Å². The minimum absolute atomic E-state index is 0.127. The van der Waals surface area contributed by atoms with E-state index < -0.39 is 58.9 Å². The van der Waals surface area contributed by atoms with Gasteiger partial charge >= 0.3 is 0 Å². The van der Waals surface area contributed by atoms with Crippen LogP contribution in [0.5, 0.6) is 0 Å². The SMILES string of the molecule is O=C(Cc1c(F)c(F)c(F)c(F)c1F)Nc1nc2c(nc1C(O)c1ccccc1)-c1ccc(F)cc1CC2. The number of hydrogen-bond donors (Lipinski definition) is 2. The van der Waals surface area contributed by atoms with Crippen LogP contribution in [-0.2, 0) is 24.1 Å². The normalized spacial score (nSPS) is 13.0. The molecule has 1 amide bonds. The van der Waals surface area contributed by atoms with Crippen LogP contribution in [0.1, 0.15) is 34.2 Å². The second-order valence-electron chi connectivity index (χ2n) is 8.64. The van der Waals surface area contributed by atoms with E-state index in [0.717, 1.165) is 0 Å². The zero-order valence-corrected chi connectivity index (χ0v) is 19.3. The van der Waals surface area contributed by atoms with Gasteiger partial charge in [-0.25, -0.2) is 36.3 Å². The minimum Gasteiger partial charge on any atom is -0.382 e. The van der Waals surface area contributed by atoms with Crippen LogP contribution in [0, 0.1) is 34.9 Å². The van der Waals surface area contributed by atoms with Crippen LogP contribution in [0.25, 0.3) is 11.3 Å². The molecule has 1 aromatic heterocycles. The standard InChI is InChI=1S/C27H17F6N3O2/c28-14-7-8-15-13(10-14)6-9-17-24(15)36-25(26(38)12-4-2-1-3-5-12)27(34-17)35-18(37)11-16-19(29)21(31)23(33)22(32)20(16)30/h1-5,7-8,10,26,38H,6,9,11H2,(H,34,35,37). The highest BCUT2D eigenvalue weighted by Crippen LogP contribution is 2.36. The van der Waals surface area contributed by atoms with Crippen molar-refractivity contribution < 1.29 is 36.2 Å². The molecule has 0 spiro atoms. The molecule has 194 valence electrons. The molecule has 1 aliphatic rings. The van der Waals surface area contributed by atoms with Gasteiger partial charge in [0.25, 0.3) is 0 Å². The Morgan fingerprint density at radius 2 is 1.53 bits per heavy atom. The molecule has 5 nitrogen and oxygen atoms in total. The molecule has 1 heterocycles. The Balaban J connectivity index is 1.56. The highest BCUT2D eigenvalue weighted by molar-refractivity contribution is 5.92. The summed E-state index contributed by atoms with van der Waals surface area (Å²) in [6, 6.07) is 12.4. The molecule has 1 unspecified atom stereocenters. The molecular weight excluding hydrogens is 512 g/mol. The summed E-state index contributed by atoms with van der Waals surface area (Å²) in [5.41, 5.74) is 0.959. The van der Waals surface area contributed by atoms with Crippen LogP contribution in [-0.4, -0.2) is 21.0 Å². The van der Waals surface area contributed by atoms with Gasteiger partial charge in [0.1, 0.15) is 17.6 Å². The molecule has 1 aliphatic carbocycles. The molecule has 38 heavy (non-hydrogen) atoms. The number of carbonyl (C=O) groups is 1. The summed E-state index contributed by atoms with van der Waals surface area (Å²) < 4.78 is 82.6. The van der Waals surface area contributed by atoms with Crippen molar-refractivity contribution >= 4 is 11.7 Å². The number of rotatable bonds is 5. The first kappa shape index (κ1) is 25.4. The van der Waals surface area contributed by atoms with E-state index in [0.29, 0.717) is 40.9 Å². The van der Waals surface area contributed by atoms with Gasteiger partial charge in [-0.15, -0.1) is 0 Å². The summed E-state index contributed by atoms with van der Waals surface area (Å²) in [5, 5.41) is 13.4. The molecule has 4 aromatic rings. The van der Waals surface area contributed by atoms with Crippen LogP contribution in [0.2, 0.25) is 0 Å². The third kappa shape index (κ3) is 4.49. The lowest BCUT2D eigenvalue weighted by atomic mass is 9.91. The molecule has 3 aromatic carbocycles. The Bertz CT molecular complexity index is 1550. The second-order valence-corrected chi connectivity index (χ2v) is 8.64. The molecule has 1 atom stereocenters. The average molecular weight is 529 g/mol. The highest BCUT2D eigenvalue weighted by Gasteiger charge is 2.29. The van der Waals surface area contributed by atoms with E-state index in [1.165, 1.54) is 18.2 Å². The Morgan fingerprint density at radius 1 is 0.868 bits per heavy atom. The van der Waals surface area contributed by atoms with E-state index in [9.17, 15) is 36.2 Å². The van der Waals surface area contributed by atoms with Gasteiger partial charge in [0.05, 0.1) is 17.8 Å². The fourth-order valence-electron chi connectivity index (χ4n) is 4.34. The first-order chi connectivity index (χ1) is 18.2. The van der Waals surface area contributed by atoms with Gasteiger partial charge < -0.3 is 10.4 Å². The van der Waals surface area contributed by atoms with Gasteiger partial charge in [0, 0.05) is 11.1 Å². The van der Waals surface area contributed by atoms with Crippen molar-refractivity contribution in [3.8, 4) is 11.3 Å². The van der Waals surface area contributed by atoms with Crippen LogP contribution in [0.4, 0.5) is 32.2 Å². The lowest BCUT2D eigenvalue weighted by Crippen LogP contribution is -2.22. The van der Waals surface area contributed by atoms with Gasteiger partial charge in [0.15, 0.2) is 29.1 Å². The Morgan fingerprint density at radius 3 is 2.21 bits per heavy atom. The number of fused-ring (bicyclic) bond motifs is 3. The van der Waals surface area contributed by atoms with Crippen LogP contribution < -0.4 is 5.32 Å². The Kier molecular flexibility index (Phi) is 6.62. The highest BCUT2D eigenvalue weighted by atomic mass is 19.2. The van der Waals surface area contributed by atoms with Crippen LogP contribution in [0.3, 0.4) is 0 Å². The van der Waals surface area contributed by atoms with E-state index in [2.05, 4.69) is 15.3 Å². The maximum Gasteiger partial charge on any atom is 0.230 e. The number of aliphatic hydroxyl groups is 1. The van der Waals surface area contributed by atoms with Gasteiger partial charge in [-0.2, -0.15) is 0 Å². The molecule has 5 rings (SSSR count). The molecule has 0 fully saturated rings. The van der Waals surface area contributed by atoms with Crippen LogP contribution >= 0.6 is 0 Å². The number of carbonyl (C=O) groups excluding carboxylic acids is 1. The van der Waals surface area contributed by atoms with Crippen molar-refractivity contribution in [1.29, 1.82) is 0 Å². The Labute approximate surface area is 211 Å². The fourth-order valence-corrected chi connectivity index (χ4v) is 4.34. The van der Waals surface area contributed by atoms with Crippen molar-refractivity contribution in [2.45, 2.75) is 25.4 Å². The third-order valence-corrected chi connectivity index (χ3v) is 6.22. The minimum atomic E-state index is -2.34. The summed E-state index contributed by atoms with van der Waals surface area (Å²) in [5.74, 6) is -12.8. The quantitative estimate of drug-likeness (QED) is 0.208. The van der Waals surface area contributed by atoms with Crippen molar-refractivity contribution in [3.05, 3.63) is 112 Å². The van der Waals surface area contributed by atoms with Crippen molar-refractivity contribution in [3.63, 3.8) is 0 Å². The van der Waals surface area contributed by atoms with Crippen molar-refractivity contribution in [2.24, 2.45) is 0 Å². The topological polar surface area (TPSA) is 75.1 Å². The van der Waals surface area contributed by atoms with E-state index in [1.807, 2.05) is 0 Å². The smallest absolute Gasteiger partial charge is 0.230 e. The van der Waals surface area contributed by atoms with Gasteiger partial charge in [-0.3, -0.25) is 4.79 Å².